The Morgan fingerprint density at radius 3 is 2.93 bits per heavy atom. The SMILES string of the molecule is NC(C1CCOC1)C1Cc2ccccc21. The van der Waals surface area contributed by atoms with Crippen LogP contribution >= 0.6 is 0 Å². The van der Waals surface area contributed by atoms with Gasteiger partial charge in [0.15, 0.2) is 0 Å². The van der Waals surface area contributed by atoms with Gasteiger partial charge in [0.25, 0.3) is 0 Å². The predicted molar refractivity (Wildman–Crippen MR) is 59.8 cm³/mol. The highest BCUT2D eigenvalue weighted by Gasteiger charge is 2.36. The van der Waals surface area contributed by atoms with Gasteiger partial charge >= 0.3 is 0 Å². The molecule has 1 fully saturated rings. The van der Waals surface area contributed by atoms with E-state index in [0.29, 0.717) is 17.9 Å². The smallest absolute Gasteiger partial charge is 0.0510 e. The Balaban J connectivity index is 1.75. The molecule has 15 heavy (non-hydrogen) atoms. The highest BCUT2D eigenvalue weighted by molar-refractivity contribution is 5.41. The van der Waals surface area contributed by atoms with Gasteiger partial charge in [0, 0.05) is 24.5 Å². The molecule has 1 aliphatic carbocycles. The zero-order chi connectivity index (χ0) is 10.3. The van der Waals surface area contributed by atoms with E-state index in [1.807, 2.05) is 0 Å². The summed E-state index contributed by atoms with van der Waals surface area (Å²) in [6.07, 6.45) is 2.30. The zero-order valence-electron chi connectivity index (χ0n) is 8.86. The van der Waals surface area contributed by atoms with E-state index in [-0.39, 0.29) is 0 Å². The monoisotopic (exact) mass is 203 g/mol. The van der Waals surface area contributed by atoms with Crippen molar-refractivity contribution in [3.8, 4) is 0 Å². The third-order valence-corrected chi connectivity index (χ3v) is 3.87. The standard InChI is InChI=1S/C13H17NO/c14-13(10-5-6-15-8-10)12-7-9-3-1-2-4-11(9)12/h1-4,10,12-13H,5-8,14H2. The Kier molecular flexibility index (Phi) is 2.26. The first kappa shape index (κ1) is 9.37. The summed E-state index contributed by atoms with van der Waals surface area (Å²) in [5.41, 5.74) is 9.27. The molecular formula is C13H17NO. The lowest BCUT2D eigenvalue weighted by molar-refractivity contribution is 0.176. The molecule has 0 amide bonds. The predicted octanol–water partition coefficient (Wildman–Crippen LogP) is 1.69. The molecule has 0 saturated carbocycles. The van der Waals surface area contributed by atoms with E-state index in [9.17, 15) is 0 Å². The molecular weight excluding hydrogens is 186 g/mol. The molecule has 3 atom stereocenters. The number of benzene rings is 1. The molecule has 3 unspecified atom stereocenters. The summed E-state index contributed by atoms with van der Waals surface area (Å²) in [6, 6.07) is 8.95. The van der Waals surface area contributed by atoms with Crippen LogP contribution in [0.4, 0.5) is 0 Å². The molecule has 1 aromatic carbocycles. The molecule has 1 aliphatic heterocycles. The summed E-state index contributed by atoms with van der Waals surface area (Å²) in [5.74, 6) is 1.15. The second kappa shape index (κ2) is 3.62. The first-order valence-electron chi connectivity index (χ1n) is 5.77. The van der Waals surface area contributed by atoms with Crippen molar-refractivity contribution in [3.05, 3.63) is 35.4 Å². The zero-order valence-corrected chi connectivity index (χ0v) is 8.86. The van der Waals surface area contributed by atoms with E-state index in [2.05, 4.69) is 24.3 Å². The summed E-state index contributed by atoms with van der Waals surface area (Å²) in [5, 5.41) is 0. The molecule has 1 heterocycles. The molecule has 0 aromatic heterocycles. The van der Waals surface area contributed by atoms with E-state index in [0.717, 1.165) is 26.1 Å². The lowest BCUT2D eigenvalue weighted by atomic mass is 9.70. The average molecular weight is 203 g/mol. The summed E-state index contributed by atoms with van der Waals surface area (Å²) >= 11 is 0. The van der Waals surface area contributed by atoms with Crippen molar-refractivity contribution in [1.82, 2.24) is 0 Å². The Morgan fingerprint density at radius 2 is 2.20 bits per heavy atom. The maximum Gasteiger partial charge on any atom is 0.0510 e. The quantitative estimate of drug-likeness (QED) is 0.794. The first-order chi connectivity index (χ1) is 7.36. The van der Waals surface area contributed by atoms with Gasteiger partial charge in [-0.25, -0.2) is 0 Å². The van der Waals surface area contributed by atoms with Crippen LogP contribution in [-0.2, 0) is 11.2 Å². The van der Waals surface area contributed by atoms with E-state index in [1.54, 1.807) is 0 Å². The summed E-state index contributed by atoms with van der Waals surface area (Å²) in [4.78, 5) is 0. The van der Waals surface area contributed by atoms with E-state index < -0.39 is 0 Å². The number of fused-ring (bicyclic) bond motifs is 1. The molecule has 1 saturated heterocycles. The fraction of sp³-hybridized carbons (Fsp3) is 0.538. The molecule has 1 aromatic rings. The number of hydrogen-bond donors (Lipinski definition) is 1. The van der Waals surface area contributed by atoms with Gasteiger partial charge in [-0.3, -0.25) is 0 Å². The van der Waals surface area contributed by atoms with Gasteiger partial charge in [-0.15, -0.1) is 0 Å². The molecule has 3 rings (SSSR count). The van der Waals surface area contributed by atoms with Gasteiger partial charge in [-0.2, -0.15) is 0 Å². The van der Waals surface area contributed by atoms with Crippen molar-refractivity contribution >= 4 is 0 Å². The normalized spacial score (nSPS) is 30.7. The average Bonchev–Trinajstić information content (AvgIpc) is 2.72. The van der Waals surface area contributed by atoms with Crippen LogP contribution in [-0.4, -0.2) is 19.3 Å². The van der Waals surface area contributed by atoms with E-state index in [1.165, 1.54) is 11.1 Å². The molecule has 2 nitrogen and oxygen atoms in total. The minimum atomic E-state index is 0.294. The number of rotatable bonds is 2. The molecule has 0 radical (unpaired) electrons. The summed E-state index contributed by atoms with van der Waals surface area (Å²) in [7, 11) is 0. The number of ether oxygens (including phenoxy) is 1. The summed E-state index contributed by atoms with van der Waals surface area (Å²) in [6.45, 7) is 1.76. The number of nitrogens with two attached hydrogens (primary N) is 1. The minimum absolute atomic E-state index is 0.294. The topological polar surface area (TPSA) is 35.2 Å². The van der Waals surface area contributed by atoms with Crippen LogP contribution in [0.3, 0.4) is 0 Å². The Hall–Kier alpha value is -0.860. The van der Waals surface area contributed by atoms with Crippen molar-refractivity contribution in [2.75, 3.05) is 13.2 Å². The van der Waals surface area contributed by atoms with Crippen LogP contribution < -0.4 is 5.73 Å². The van der Waals surface area contributed by atoms with Crippen LogP contribution in [0.25, 0.3) is 0 Å². The molecule has 80 valence electrons. The van der Waals surface area contributed by atoms with Crippen molar-refractivity contribution in [2.24, 2.45) is 11.7 Å². The van der Waals surface area contributed by atoms with Crippen molar-refractivity contribution in [3.63, 3.8) is 0 Å². The van der Waals surface area contributed by atoms with Crippen LogP contribution in [0.1, 0.15) is 23.5 Å². The molecule has 2 aliphatic rings. The Labute approximate surface area is 90.4 Å². The molecule has 2 N–H and O–H groups in total. The highest BCUT2D eigenvalue weighted by atomic mass is 16.5. The van der Waals surface area contributed by atoms with Gasteiger partial charge in [0.05, 0.1) is 6.61 Å². The molecule has 2 heteroatoms. The van der Waals surface area contributed by atoms with Gasteiger partial charge in [0.1, 0.15) is 0 Å². The number of hydrogen-bond acceptors (Lipinski definition) is 2. The van der Waals surface area contributed by atoms with Gasteiger partial charge in [-0.05, 0) is 24.0 Å². The summed E-state index contributed by atoms with van der Waals surface area (Å²) < 4.78 is 5.40. The highest BCUT2D eigenvalue weighted by Crippen LogP contribution is 2.39. The second-order valence-electron chi connectivity index (χ2n) is 4.71. The third kappa shape index (κ3) is 1.48. The second-order valence-corrected chi connectivity index (χ2v) is 4.71. The maximum atomic E-state index is 6.32. The Morgan fingerprint density at radius 1 is 1.33 bits per heavy atom. The van der Waals surface area contributed by atoms with Gasteiger partial charge in [-0.1, -0.05) is 24.3 Å². The van der Waals surface area contributed by atoms with Crippen molar-refractivity contribution in [2.45, 2.75) is 24.8 Å². The van der Waals surface area contributed by atoms with E-state index >= 15 is 0 Å². The van der Waals surface area contributed by atoms with Crippen molar-refractivity contribution < 1.29 is 4.74 Å². The minimum Gasteiger partial charge on any atom is -0.381 e. The van der Waals surface area contributed by atoms with Crippen LogP contribution in [0.5, 0.6) is 0 Å². The largest absolute Gasteiger partial charge is 0.381 e. The van der Waals surface area contributed by atoms with Crippen LogP contribution in [0.15, 0.2) is 24.3 Å². The fourth-order valence-corrected chi connectivity index (χ4v) is 2.83. The van der Waals surface area contributed by atoms with Crippen molar-refractivity contribution in [1.29, 1.82) is 0 Å². The van der Waals surface area contributed by atoms with Crippen LogP contribution in [0.2, 0.25) is 0 Å². The van der Waals surface area contributed by atoms with Crippen LogP contribution in [0, 0.1) is 5.92 Å². The lowest BCUT2D eigenvalue weighted by Crippen LogP contribution is -2.41. The maximum absolute atomic E-state index is 6.32. The van der Waals surface area contributed by atoms with Gasteiger partial charge in [0.2, 0.25) is 0 Å². The first-order valence-corrected chi connectivity index (χ1v) is 5.77. The lowest BCUT2D eigenvalue weighted by Gasteiger charge is -2.37. The third-order valence-electron chi connectivity index (χ3n) is 3.87. The molecule has 0 spiro atoms. The molecule has 0 bridgehead atoms. The van der Waals surface area contributed by atoms with Gasteiger partial charge < -0.3 is 10.5 Å². The van der Waals surface area contributed by atoms with E-state index in [4.69, 9.17) is 10.5 Å². The fourth-order valence-electron chi connectivity index (χ4n) is 2.83. The Bertz CT molecular complexity index is 357.